The molecular weight excluding hydrogens is 366 g/mol. The predicted octanol–water partition coefficient (Wildman–Crippen LogP) is 2.64. The number of pyridine rings is 1. The fourth-order valence-electron chi connectivity index (χ4n) is 4.08. The number of piperazine rings is 1. The second-order valence-electron chi connectivity index (χ2n) is 7.26. The molecule has 1 aromatic carbocycles. The molecule has 0 spiro atoms. The topological polar surface area (TPSA) is 80.4 Å². The second kappa shape index (κ2) is 6.67. The normalized spacial score (nSPS) is 14.5. The molecule has 29 heavy (non-hydrogen) atoms. The molecule has 1 N–H and O–H groups in total. The summed E-state index contributed by atoms with van der Waals surface area (Å²) in [5.41, 5.74) is 4.41. The minimum absolute atomic E-state index is 0.0736. The number of hydrogen-bond acceptors (Lipinski definition) is 4. The molecule has 3 aromatic heterocycles. The first-order valence-corrected chi connectivity index (χ1v) is 9.61. The lowest BCUT2D eigenvalue weighted by molar-refractivity contribution is -0.467. The molecule has 1 fully saturated rings. The van der Waals surface area contributed by atoms with E-state index in [0.29, 0.717) is 37.5 Å². The molecule has 0 unspecified atom stereocenters. The quantitative estimate of drug-likeness (QED) is 0.537. The van der Waals surface area contributed by atoms with Gasteiger partial charge in [-0.15, -0.1) is 0 Å². The first-order chi connectivity index (χ1) is 14.2. The SMILES string of the molecule is Cc1cc(N2CCN(C(=O)c3ccco3)CC2)[n+]2c([nH]c3ccccc32)c1C#N. The summed E-state index contributed by atoms with van der Waals surface area (Å²) in [7, 11) is 0. The van der Waals surface area contributed by atoms with Gasteiger partial charge in [-0.05, 0) is 36.8 Å². The Hall–Kier alpha value is -3.79. The lowest BCUT2D eigenvalue weighted by atomic mass is 10.1. The summed E-state index contributed by atoms with van der Waals surface area (Å²) in [5, 5.41) is 9.68. The maximum absolute atomic E-state index is 12.6. The molecule has 0 saturated carbocycles. The zero-order chi connectivity index (χ0) is 20.0. The number of imidazole rings is 1. The average Bonchev–Trinajstić information content (AvgIpc) is 3.41. The monoisotopic (exact) mass is 386 g/mol. The molecule has 1 amide bonds. The Labute approximate surface area is 167 Å². The number of nitriles is 1. The number of amides is 1. The van der Waals surface area contributed by atoms with Crippen molar-refractivity contribution in [3.8, 4) is 6.07 Å². The van der Waals surface area contributed by atoms with Gasteiger partial charge < -0.3 is 9.32 Å². The van der Waals surface area contributed by atoms with Crippen LogP contribution in [0.5, 0.6) is 0 Å². The number of H-pyrrole nitrogens is 1. The first-order valence-electron chi connectivity index (χ1n) is 9.61. The molecular formula is C22H20N5O2+. The fourth-order valence-corrected chi connectivity index (χ4v) is 4.08. The Bertz CT molecular complexity index is 1260. The predicted molar refractivity (Wildman–Crippen MR) is 108 cm³/mol. The molecule has 7 nitrogen and oxygen atoms in total. The largest absolute Gasteiger partial charge is 0.459 e. The van der Waals surface area contributed by atoms with E-state index < -0.39 is 0 Å². The van der Waals surface area contributed by atoms with E-state index >= 15 is 0 Å². The van der Waals surface area contributed by atoms with E-state index in [9.17, 15) is 10.1 Å². The van der Waals surface area contributed by atoms with E-state index in [2.05, 4.69) is 32.5 Å². The minimum Gasteiger partial charge on any atom is -0.459 e. The highest BCUT2D eigenvalue weighted by Crippen LogP contribution is 2.23. The van der Waals surface area contributed by atoms with E-state index in [0.717, 1.165) is 28.1 Å². The van der Waals surface area contributed by atoms with Gasteiger partial charge in [-0.1, -0.05) is 12.1 Å². The number of aromatic amines is 1. The van der Waals surface area contributed by atoms with E-state index in [1.807, 2.05) is 30.0 Å². The molecule has 0 radical (unpaired) electrons. The summed E-state index contributed by atoms with van der Waals surface area (Å²) in [4.78, 5) is 20.0. The zero-order valence-electron chi connectivity index (χ0n) is 16.1. The lowest BCUT2D eigenvalue weighted by Crippen LogP contribution is -2.51. The van der Waals surface area contributed by atoms with Crippen LogP contribution in [0.1, 0.15) is 21.7 Å². The third-order valence-corrected chi connectivity index (χ3v) is 5.56. The molecule has 144 valence electrons. The molecule has 1 aliphatic rings. The van der Waals surface area contributed by atoms with Crippen molar-refractivity contribution in [2.75, 3.05) is 31.1 Å². The molecule has 0 atom stereocenters. The average molecular weight is 386 g/mol. The zero-order valence-corrected chi connectivity index (χ0v) is 16.1. The van der Waals surface area contributed by atoms with Gasteiger partial charge in [0.25, 0.3) is 5.91 Å². The van der Waals surface area contributed by atoms with Gasteiger partial charge in [0.2, 0.25) is 11.5 Å². The number of nitrogens with zero attached hydrogens (tertiary/aromatic N) is 4. The molecule has 1 aliphatic heterocycles. The van der Waals surface area contributed by atoms with E-state index in [-0.39, 0.29) is 5.91 Å². The van der Waals surface area contributed by atoms with Crippen molar-refractivity contribution in [2.45, 2.75) is 6.92 Å². The highest BCUT2D eigenvalue weighted by molar-refractivity contribution is 5.91. The number of rotatable bonds is 2. The molecule has 0 bridgehead atoms. The van der Waals surface area contributed by atoms with Crippen molar-refractivity contribution in [3.05, 3.63) is 65.6 Å². The Balaban J connectivity index is 1.53. The number of aryl methyl sites for hydroxylation is 1. The molecule has 1 saturated heterocycles. The van der Waals surface area contributed by atoms with Crippen LogP contribution in [0.3, 0.4) is 0 Å². The van der Waals surface area contributed by atoms with Gasteiger partial charge in [0.15, 0.2) is 5.76 Å². The summed E-state index contributed by atoms with van der Waals surface area (Å²) in [6.07, 6.45) is 1.52. The summed E-state index contributed by atoms with van der Waals surface area (Å²) in [6.45, 7) is 4.61. The smallest absolute Gasteiger partial charge is 0.289 e. The van der Waals surface area contributed by atoms with Crippen LogP contribution in [-0.2, 0) is 0 Å². The highest BCUT2D eigenvalue weighted by atomic mass is 16.3. The van der Waals surface area contributed by atoms with Gasteiger partial charge in [0, 0.05) is 6.07 Å². The number of benzene rings is 1. The van der Waals surface area contributed by atoms with Crippen molar-refractivity contribution < 1.29 is 13.6 Å². The van der Waals surface area contributed by atoms with Gasteiger partial charge >= 0.3 is 0 Å². The van der Waals surface area contributed by atoms with Gasteiger partial charge in [0.05, 0.1) is 32.4 Å². The summed E-state index contributed by atoms with van der Waals surface area (Å²) in [6, 6.07) is 15.9. The third kappa shape index (κ3) is 2.72. The lowest BCUT2D eigenvalue weighted by Gasteiger charge is -2.32. The highest BCUT2D eigenvalue weighted by Gasteiger charge is 2.30. The van der Waals surface area contributed by atoms with Crippen LogP contribution in [0.2, 0.25) is 0 Å². The standard InChI is InChI=1S/C22H19N5O2/c1-15-13-20(25-8-10-26(11-9-25)22(28)19-7-4-12-29-19)27-18-6-3-2-5-17(18)24-21(27)16(15)14-23/h2-7,12-13H,8-11H2,1H3/p+1. The van der Waals surface area contributed by atoms with Crippen LogP contribution in [0, 0.1) is 18.3 Å². The van der Waals surface area contributed by atoms with E-state index in [1.54, 1.807) is 12.1 Å². The van der Waals surface area contributed by atoms with Crippen molar-refractivity contribution in [3.63, 3.8) is 0 Å². The maximum atomic E-state index is 12.6. The number of para-hydroxylation sites is 2. The van der Waals surface area contributed by atoms with Gasteiger partial charge in [-0.2, -0.15) is 9.66 Å². The van der Waals surface area contributed by atoms with Crippen molar-refractivity contribution in [1.29, 1.82) is 5.26 Å². The van der Waals surface area contributed by atoms with Crippen molar-refractivity contribution in [1.82, 2.24) is 9.88 Å². The van der Waals surface area contributed by atoms with E-state index in [1.165, 1.54) is 6.26 Å². The number of furan rings is 1. The van der Waals surface area contributed by atoms with Crippen molar-refractivity contribution in [2.24, 2.45) is 0 Å². The Morgan fingerprint density at radius 2 is 1.97 bits per heavy atom. The van der Waals surface area contributed by atoms with Gasteiger partial charge in [-0.3, -0.25) is 14.7 Å². The van der Waals surface area contributed by atoms with Crippen LogP contribution in [0.25, 0.3) is 16.7 Å². The Morgan fingerprint density at radius 3 is 2.69 bits per heavy atom. The van der Waals surface area contributed by atoms with Gasteiger partial charge in [0.1, 0.15) is 22.7 Å². The van der Waals surface area contributed by atoms with E-state index in [4.69, 9.17) is 4.42 Å². The number of aromatic nitrogens is 2. The number of nitrogens with one attached hydrogen (secondary N) is 1. The minimum atomic E-state index is -0.0736. The molecule has 4 aromatic rings. The fraction of sp³-hybridized carbons (Fsp3) is 0.227. The van der Waals surface area contributed by atoms with Crippen molar-refractivity contribution >= 4 is 28.4 Å². The molecule has 0 aliphatic carbocycles. The van der Waals surface area contributed by atoms with Crippen LogP contribution in [-0.4, -0.2) is 42.0 Å². The van der Waals surface area contributed by atoms with Crippen LogP contribution >= 0.6 is 0 Å². The Kier molecular flexibility index (Phi) is 3.98. The molecule has 7 heteroatoms. The van der Waals surface area contributed by atoms with Crippen LogP contribution < -0.4 is 9.30 Å². The number of carbonyl (C=O) groups is 1. The molecule has 4 heterocycles. The summed E-state index contributed by atoms with van der Waals surface area (Å²) < 4.78 is 7.37. The number of anilines is 1. The van der Waals surface area contributed by atoms with Gasteiger partial charge in [-0.25, -0.2) is 0 Å². The molecule has 5 rings (SSSR count). The number of carbonyl (C=O) groups excluding carboxylic acids is 1. The van der Waals surface area contributed by atoms with Crippen LogP contribution in [0.15, 0.2) is 53.1 Å². The Morgan fingerprint density at radius 1 is 1.17 bits per heavy atom. The second-order valence-corrected chi connectivity index (χ2v) is 7.26. The number of fused-ring (bicyclic) bond motifs is 3. The number of hydrogen-bond donors (Lipinski definition) is 1. The van der Waals surface area contributed by atoms with Crippen LogP contribution in [0.4, 0.5) is 5.82 Å². The maximum Gasteiger partial charge on any atom is 0.289 e. The third-order valence-electron chi connectivity index (χ3n) is 5.56. The summed E-state index contributed by atoms with van der Waals surface area (Å²) in [5.74, 6) is 1.33. The summed E-state index contributed by atoms with van der Waals surface area (Å²) >= 11 is 0. The first kappa shape index (κ1) is 17.3.